The smallest absolute Gasteiger partial charge is 0.316 e. The molecule has 0 aliphatic carbocycles. The van der Waals surface area contributed by atoms with Crippen LogP contribution in [0, 0.1) is 0 Å². The quantitative estimate of drug-likeness (QED) is 0.681. The molecule has 5 N–H and O–H groups in total. The van der Waals surface area contributed by atoms with Crippen molar-refractivity contribution in [3.8, 4) is 0 Å². The molecule has 0 bridgehead atoms. The molecule has 0 heterocycles. The lowest BCUT2D eigenvalue weighted by molar-refractivity contribution is 0.259. The maximum Gasteiger partial charge on any atom is 0.316 e. The summed E-state index contributed by atoms with van der Waals surface area (Å²) in [5.74, 6) is 0. The summed E-state index contributed by atoms with van der Waals surface area (Å²) in [5.41, 5.74) is 8.70. The van der Waals surface area contributed by atoms with Crippen LogP contribution in [0.5, 0.6) is 0 Å². The van der Waals surface area contributed by atoms with E-state index in [1.165, 1.54) is 0 Å². The predicted octanol–water partition coefficient (Wildman–Crippen LogP) is 2.84. The Balaban J connectivity index is 2.01. The van der Waals surface area contributed by atoms with E-state index in [2.05, 4.69) is 17.6 Å². The zero-order valence-corrected chi connectivity index (χ0v) is 11.8. The Morgan fingerprint density at radius 3 is 2.19 bits per heavy atom. The fraction of sp³-hybridized carbons (Fsp3) is 0.188. The first-order valence-corrected chi connectivity index (χ1v) is 6.71. The molecular weight excluding hydrogens is 266 g/mol. The fourth-order valence-electron chi connectivity index (χ4n) is 2.04. The number of benzene rings is 2. The van der Waals surface area contributed by atoms with Gasteiger partial charge in [-0.05, 0) is 42.3 Å². The summed E-state index contributed by atoms with van der Waals surface area (Å²) in [6, 6.07) is 14.7. The van der Waals surface area contributed by atoms with Crippen LogP contribution in [-0.2, 0) is 6.61 Å². The average Bonchev–Trinajstić information content (AvgIpc) is 2.48. The van der Waals surface area contributed by atoms with Crippen LogP contribution in [0.3, 0.4) is 0 Å². The SMILES string of the molecule is CC(Nc1ccc(CO)cc1)c1ccc(NC(N)=O)cc1. The highest BCUT2D eigenvalue weighted by molar-refractivity contribution is 5.87. The first-order valence-electron chi connectivity index (χ1n) is 6.71. The number of aliphatic hydroxyl groups excluding tert-OH is 1. The second-order valence-electron chi connectivity index (χ2n) is 4.83. The van der Waals surface area contributed by atoms with Crippen molar-refractivity contribution < 1.29 is 9.90 Å². The second kappa shape index (κ2) is 6.76. The Labute approximate surface area is 123 Å². The summed E-state index contributed by atoms with van der Waals surface area (Å²) in [7, 11) is 0. The minimum Gasteiger partial charge on any atom is -0.392 e. The van der Waals surface area contributed by atoms with Crippen molar-refractivity contribution in [3.63, 3.8) is 0 Å². The molecule has 2 aromatic carbocycles. The number of rotatable bonds is 5. The van der Waals surface area contributed by atoms with E-state index in [0.29, 0.717) is 5.69 Å². The summed E-state index contributed by atoms with van der Waals surface area (Å²) >= 11 is 0. The molecular formula is C16H19N3O2. The van der Waals surface area contributed by atoms with Crippen molar-refractivity contribution in [2.45, 2.75) is 19.6 Å². The number of anilines is 2. The number of urea groups is 1. The lowest BCUT2D eigenvalue weighted by Crippen LogP contribution is -2.19. The van der Waals surface area contributed by atoms with Gasteiger partial charge in [-0.2, -0.15) is 0 Å². The Kier molecular flexibility index (Phi) is 4.79. The number of carbonyl (C=O) groups is 1. The predicted molar refractivity (Wildman–Crippen MR) is 84.1 cm³/mol. The number of nitrogens with two attached hydrogens (primary N) is 1. The van der Waals surface area contributed by atoms with Gasteiger partial charge in [0.2, 0.25) is 0 Å². The number of nitrogens with one attached hydrogen (secondary N) is 2. The molecule has 1 unspecified atom stereocenters. The average molecular weight is 285 g/mol. The van der Waals surface area contributed by atoms with Gasteiger partial charge in [0, 0.05) is 17.4 Å². The maximum absolute atomic E-state index is 10.8. The summed E-state index contributed by atoms with van der Waals surface area (Å²) < 4.78 is 0. The third-order valence-corrected chi connectivity index (χ3v) is 3.20. The van der Waals surface area contributed by atoms with Gasteiger partial charge in [0.25, 0.3) is 0 Å². The normalized spacial score (nSPS) is 11.7. The molecule has 5 heteroatoms. The minimum atomic E-state index is -0.571. The fourth-order valence-corrected chi connectivity index (χ4v) is 2.04. The van der Waals surface area contributed by atoms with E-state index in [1.807, 2.05) is 48.5 Å². The van der Waals surface area contributed by atoms with Crippen LogP contribution in [0.25, 0.3) is 0 Å². The molecule has 0 fully saturated rings. The van der Waals surface area contributed by atoms with Crippen molar-refractivity contribution >= 4 is 17.4 Å². The lowest BCUT2D eigenvalue weighted by atomic mass is 10.1. The van der Waals surface area contributed by atoms with E-state index in [-0.39, 0.29) is 12.6 Å². The van der Waals surface area contributed by atoms with Gasteiger partial charge >= 0.3 is 6.03 Å². The van der Waals surface area contributed by atoms with E-state index in [0.717, 1.165) is 16.8 Å². The molecule has 21 heavy (non-hydrogen) atoms. The van der Waals surface area contributed by atoms with Gasteiger partial charge in [0.05, 0.1) is 6.61 Å². The van der Waals surface area contributed by atoms with Crippen LogP contribution in [0.2, 0.25) is 0 Å². The standard InChI is InChI=1S/C16H19N3O2/c1-11(18-14-6-2-12(10-20)3-7-14)13-4-8-15(9-5-13)19-16(17)21/h2-9,11,18,20H,10H2,1H3,(H3,17,19,21). The van der Waals surface area contributed by atoms with Gasteiger partial charge in [0.1, 0.15) is 0 Å². The summed E-state index contributed by atoms with van der Waals surface area (Å²) in [5, 5.41) is 14.9. The van der Waals surface area contributed by atoms with Crippen molar-refractivity contribution in [2.24, 2.45) is 5.73 Å². The van der Waals surface area contributed by atoms with Gasteiger partial charge in [-0.15, -0.1) is 0 Å². The minimum absolute atomic E-state index is 0.0458. The van der Waals surface area contributed by atoms with Gasteiger partial charge < -0.3 is 21.5 Å². The molecule has 0 spiro atoms. The first-order chi connectivity index (χ1) is 10.1. The van der Waals surface area contributed by atoms with E-state index in [4.69, 9.17) is 10.8 Å². The first kappa shape index (κ1) is 14.9. The number of amides is 2. The molecule has 2 aromatic rings. The summed E-state index contributed by atoms with van der Waals surface area (Å²) in [4.78, 5) is 10.8. The van der Waals surface area contributed by atoms with E-state index < -0.39 is 6.03 Å². The molecule has 0 aromatic heterocycles. The van der Waals surface area contributed by atoms with Crippen LogP contribution < -0.4 is 16.4 Å². The van der Waals surface area contributed by atoms with Gasteiger partial charge in [0.15, 0.2) is 0 Å². The lowest BCUT2D eigenvalue weighted by Gasteiger charge is -2.16. The number of carbonyl (C=O) groups excluding carboxylic acids is 1. The van der Waals surface area contributed by atoms with Crippen molar-refractivity contribution in [2.75, 3.05) is 10.6 Å². The van der Waals surface area contributed by atoms with Crippen molar-refractivity contribution in [1.82, 2.24) is 0 Å². The summed E-state index contributed by atoms with van der Waals surface area (Å²) in [6.07, 6.45) is 0. The van der Waals surface area contributed by atoms with E-state index in [9.17, 15) is 4.79 Å². The Bertz CT molecular complexity index is 594. The number of hydrogen-bond acceptors (Lipinski definition) is 3. The van der Waals surface area contributed by atoms with Crippen molar-refractivity contribution in [3.05, 3.63) is 59.7 Å². The zero-order valence-electron chi connectivity index (χ0n) is 11.8. The van der Waals surface area contributed by atoms with Gasteiger partial charge in [-0.3, -0.25) is 0 Å². The molecule has 0 aliphatic rings. The molecule has 2 rings (SSSR count). The molecule has 1 atom stereocenters. The van der Waals surface area contributed by atoms with Crippen LogP contribution in [0.15, 0.2) is 48.5 Å². The Morgan fingerprint density at radius 1 is 1.10 bits per heavy atom. The third-order valence-electron chi connectivity index (χ3n) is 3.20. The van der Waals surface area contributed by atoms with E-state index >= 15 is 0 Å². The van der Waals surface area contributed by atoms with Crippen LogP contribution in [0.4, 0.5) is 16.2 Å². The molecule has 0 radical (unpaired) electrons. The molecule has 0 saturated carbocycles. The highest BCUT2D eigenvalue weighted by Gasteiger charge is 2.06. The van der Waals surface area contributed by atoms with Crippen LogP contribution in [-0.4, -0.2) is 11.1 Å². The third kappa shape index (κ3) is 4.22. The zero-order chi connectivity index (χ0) is 15.2. The monoisotopic (exact) mass is 285 g/mol. The number of primary amides is 1. The number of aliphatic hydroxyl groups is 1. The van der Waals surface area contributed by atoms with E-state index in [1.54, 1.807) is 0 Å². The van der Waals surface area contributed by atoms with Crippen LogP contribution in [0.1, 0.15) is 24.1 Å². The molecule has 2 amide bonds. The van der Waals surface area contributed by atoms with Crippen LogP contribution >= 0.6 is 0 Å². The largest absolute Gasteiger partial charge is 0.392 e. The van der Waals surface area contributed by atoms with Gasteiger partial charge in [-0.1, -0.05) is 24.3 Å². The maximum atomic E-state index is 10.8. The Morgan fingerprint density at radius 2 is 1.67 bits per heavy atom. The molecule has 0 saturated heterocycles. The highest BCUT2D eigenvalue weighted by Crippen LogP contribution is 2.21. The second-order valence-corrected chi connectivity index (χ2v) is 4.83. The number of hydrogen-bond donors (Lipinski definition) is 4. The topological polar surface area (TPSA) is 87.4 Å². The Hall–Kier alpha value is -2.53. The highest BCUT2D eigenvalue weighted by atomic mass is 16.3. The molecule has 0 aliphatic heterocycles. The summed E-state index contributed by atoms with van der Waals surface area (Å²) in [6.45, 7) is 2.10. The van der Waals surface area contributed by atoms with Gasteiger partial charge in [-0.25, -0.2) is 4.79 Å². The molecule has 5 nitrogen and oxygen atoms in total. The van der Waals surface area contributed by atoms with Crippen molar-refractivity contribution in [1.29, 1.82) is 0 Å². The molecule has 110 valence electrons.